The van der Waals surface area contributed by atoms with Crippen molar-refractivity contribution in [2.24, 2.45) is 0 Å². The van der Waals surface area contributed by atoms with Gasteiger partial charge in [0.05, 0.1) is 17.8 Å². The summed E-state index contributed by atoms with van der Waals surface area (Å²) in [5, 5.41) is 30.5. The van der Waals surface area contributed by atoms with Crippen molar-refractivity contribution >= 4 is 17.7 Å². The number of nitrogens with zero attached hydrogens (tertiary/aromatic N) is 2. The van der Waals surface area contributed by atoms with E-state index in [9.17, 15) is 25.0 Å². The molecule has 1 atom stereocenters. The molecule has 0 aromatic rings. The third-order valence-electron chi connectivity index (χ3n) is 4.35. The van der Waals surface area contributed by atoms with E-state index in [0.29, 0.717) is 18.6 Å². The Morgan fingerprint density at radius 3 is 2.30 bits per heavy atom. The van der Waals surface area contributed by atoms with Crippen molar-refractivity contribution in [3.05, 3.63) is 56.3 Å². The van der Waals surface area contributed by atoms with Crippen molar-refractivity contribution in [3.63, 3.8) is 0 Å². The molecule has 0 aliphatic heterocycles. The Hall–Kier alpha value is -2.16. The molecule has 0 bridgehead atoms. The SMILES string of the molecule is CCC=C(CC=CC=CC(CCCCCCCCSCCC(=O)O)[N+](=O)[O-])[N+](=O)[O-]. The van der Waals surface area contributed by atoms with E-state index in [2.05, 4.69) is 0 Å². The molecule has 9 heteroatoms. The molecule has 1 N–H and O–H groups in total. The van der Waals surface area contributed by atoms with Gasteiger partial charge >= 0.3 is 5.97 Å². The lowest BCUT2D eigenvalue weighted by molar-refractivity contribution is -0.510. The second kappa shape index (κ2) is 18.8. The van der Waals surface area contributed by atoms with Gasteiger partial charge in [0, 0.05) is 17.1 Å². The van der Waals surface area contributed by atoms with Crippen LogP contribution in [0, 0.1) is 20.2 Å². The quantitative estimate of drug-likeness (QED) is 0.119. The minimum absolute atomic E-state index is 0.131. The molecule has 0 heterocycles. The Morgan fingerprint density at radius 2 is 1.70 bits per heavy atom. The highest BCUT2D eigenvalue weighted by molar-refractivity contribution is 7.99. The molecule has 0 aliphatic rings. The van der Waals surface area contributed by atoms with Crippen LogP contribution >= 0.6 is 11.8 Å². The second-order valence-electron chi connectivity index (χ2n) is 6.90. The van der Waals surface area contributed by atoms with Gasteiger partial charge in [-0.15, -0.1) is 0 Å². The molecule has 1 unspecified atom stereocenters. The number of allylic oxidation sites excluding steroid dienone is 4. The zero-order valence-electron chi connectivity index (χ0n) is 17.7. The molecule has 0 saturated heterocycles. The predicted molar refractivity (Wildman–Crippen MR) is 121 cm³/mol. The Balaban J connectivity index is 3.95. The Morgan fingerprint density at radius 1 is 1.03 bits per heavy atom. The summed E-state index contributed by atoms with van der Waals surface area (Å²) in [4.78, 5) is 31.7. The van der Waals surface area contributed by atoms with Gasteiger partial charge < -0.3 is 5.11 Å². The van der Waals surface area contributed by atoms with Crippen LogP contribution in [0.2, 0.25) is 0 Å². The number of nitro groups is 2. The van der Waals surface area contributed by atoms with Crippen LogP contribution in [0.1, 0.15) is 71.1 Å². The van der Waals surface area contributed by atoms with E-state index in [1.165, 1.54) is 0 Å². The third-order valence-corrected chi connectivity index (χ3v) is 5.42. The van der Waals surface area contributed by atoms with E-state index in [-0.39, 0.29) is 23.5 Å². The molecule has 0 radical (unpaired) electrons. The minimum atomic E-state index is -0.755. The smallest absolute Gasteiger partial charge is 0.304 e. The molecule has 8 nitrogen and oxygen atoms in total. The number of hydrogen-bond acceptors (Lipinski definition) is 6. The fourth-order valence-corrected chi connectivity index (χ4v) is 3.66. The molecule has 30 heavy (non-hydrogen) atoms. The molecule has 0 saturated carbocycles. The zero-order chi connectivity index (χ0) is 22.6. The zero-order valence-corrected chi connectivity index (χ0v) is 18.6. The molecular weight excluding hydrogens is 408 g/mol. The molecular formula is C21H34N2O6S. The average Bonchev–Trinajstić information content (AvgIpc) is 2.68. The van der Waals surface area contributed by atoms with E-state index >= 15 is 0 Å². The summed E-state index contributed by atoms with van der Waals surface area (Å²) in [6.45, 7) is 1.83. The normalized spacial score (nSPS) is 13.2. The van der Waals surface area contributed by atoms with Crippen molar-refractivity contribution in [2.75, 3.05) is 11.5 Å². The van der Waals surface area contributed by atoms with E-state index < -0.39 is 16.9 Å². The van der Waals surface area contributed by atoms with Crippen LogP contribution in [0.15, 0.2) is 36.1 Å². The third kappa shape index (κ3) is 16.8. The standard InChI is InChI=1S/C21H34N2O6S/c1-2-12-19(22(26)27)13-9-7-10-15-20(23(28)29)14-8-5-3-4-6-11-17-30-18-16-21(24)25/h7,9-10,12,15,20H,2-6,8,11,13-14,16-18H2,1H3,(H,24,25). The van der Waals surface area contributed by atoms with Gasteiger partial charge in [0.1, 0.15) is 0 Å². The van der Waals surface area contributed by atoms with Crippen LogP contribution in [0.5, 0.6) is 0 Å². The van der Waals surface area contributed by atoms with E-state index in [1.54, 1.807) is 42.1 Å². The summed E-state index contributed by atoms with van der Waals surface area (Å²) >= 11 is 1.67. The molecule has 0 aliphatic carbocycles. The van der Waals surface area contributed by atoms with Gasteiger partial charge in [0.25, 0.3) is 0 Å². The number of carbonyl (C=O) groups is 1. The first-order chi connectivity index (χ1) is 14.4. The second-order valence-corrected chi connectivity index (χ2v) is 8.12. The summed E-state index contributed by atoms with van der Waals surface area (Å²) in [7, 11) is 0. The summed E-state index contributed by atoms with van der Waals surface area (Å²) in [5.74, 6) is 0.883. The van der Waals surface area contributed by atoms with Gasteiger partial charge in [-0.2, -0.15) is 11.8 Å². The number of hydrogen-bond donors (Lipinski definition) is 1. The highest BCUT2D eigenvalue weighted by atomic mass is 32.2. The van der Waals surface area contributed by atoms with E-state index in [0.717, 1.165) is 44.3 Å². The first kappa shape index (κ1) is 27.8. The van der Waals surface area contributed by atoms with Gasteiger partial charge in [0.2, 0.25) is 11.7 Å². The van der Waals surface area contributed by atoms with E-state index in [1.807, 2.05) is 6.92 Å². The van der Waals surface area contributed by atoms with Gasteiger partial charge in [-0.05, 0) is 37.2 Å². The van der Waals surface area contributed by atoms with E-state index in [4.69, 9.17) is 5.11 Å². The molecule has 0 rings (SSSR count). The van der Waals surface area contributed by atoms with Gasteiger partial charge in [-0.3, -0.25) is 25.0 Å². The van der Waals surface area contributed by atoms with Crippen molar-refractivity contribution in [3.8, 4) is 0 Å². The Labute approximate surface area is 182 Å². The van der Waals surface area contributed by atoms with Crippen molar-refractivity contribution in [2.45, 2.75) is 77.2 Å². The highest BCUT2D eigenvalue weighted by Crippen LogP contribution is 2.13. The van der Waals surface area contributed by atoms with Crippen LogP contribution in [0.4, 0.5) is 0 Å². The number of carboxylic acids is 1. The van der Waals surface area contributed by atoms with Crippen LogP contribution < -0.4 is 0 Å². The van der Waals surface area contributed by atoms with Crippen LogP contribution in [0.3, 0.4) is 0 Å². The number of unbranched alkanes of at least 4 members (excludes halogenated alkanes) is 5. The lowest BCUT2D eigenvalue weighted by Crippen LogP contribution is -2.16. The Kier molecular flexibility index (Phi) is 17.5. The van der Waals surface area contributed by atoms with Crippen molar-refractivity contribution in [1.82, 2.24) is 0 Å². The maximum atomic E-state index is 11.2. The largest absolute Gasteiger partial charge is 0.481 e. The molecule has 0 amide bonds. The number of rotatable bonds is 19. The first-order valence-corrected chi connectivity index (χ1v) is 11.6. The van der Waals surface area contributed by atoms with Gasteiger partial charge in [0.15, 0.2) is 0 Å². The Bertz CT molecular complexity index is 604. The molecule has 0 spiro atoms. The fourth-order valence-electron chi connectivity index (χ4n) is 2.73. The summed E-state index contributed by atoms with van der Waals surface area (Å²) < 4.78 is 0. The van der Waals surface area contributed by atoms with Gasteiger partial charge in [-0.25, -0.2) is 0 Å². The lowest BCUT2D eigenvalue weighted by Gasteiger charge is -2.05. The summed E-state index contributed by atoms with van der Waals surface area (Å²) in [6, 6.07) is -0.735. The fraction of sp³-hybridized carbons (Fsp3) is 0.667. The number of thioether (sulfide) groups is 1. The monoisotopic (exact) mass is 442 g/mol. The minimum Gasteiger partial charge on any atom is -0.481 e. The van der Waals surface area contributed by atoms with Crippen LogP contribution in [-0.4, -0.2) is 38.5 Å². The van der Waals surface area contributed by atoms with Crippen molar-refractivity contribution in [1.29, 1.82) is 0 Å². The molecule has 0 aromatic carbocycles. The maximum absolute atomic E-state index is 11.2. The highest BCUT2D eigenvalue weighted by Gasteiger charge is 2.14. The van der Waals surface area contributed by atoms with Crippen molar-refractivity contribution < 1.29 is 19.7 Å². The predicted octanol–water partition coefficient (Wildman–Crippen LogP) is 5.64. The first-order valence-electron chi connectivity index (χ1n) is 10.5. The molecule has 0 aromatic heterocycles. The van der Waals surface area contributed by atoms with Crippen LogP contribution in [0.25, 0.3) is 0 Å². The maximum Gasteiger partial charge on any atom is 0.304 e. The molecule has 170 valence electrons. The topological polar surface area (TPSA) is 124 Å². The number of carboxylic acid groups (broad SMARTS) is 1. The molecule has 0 fully saturated rings. The van der Waals surface area contributed by atoms with Gasteiger partial charge in [-0.1, -0.05) is 50.8 Å². The summed E-state index contributed by atoms with van der Waals surface area (Å²) in [6.07, 6.45) is 15.5. The average molecular weight is 443 g/mol. The summed E-state index contributed by atoms with van der Waals surface area (Å²) in [5.41, 5.74) is 0.131. The lowest BCUT2D eigenvalue weighted by atomic mass is 10.1. The number of aliphatic carboxylic acids is 1. The van der Waals surface area contributed by atoms with Crippen LogP contribution in [-0.2, 0) is 4.79 Å².